The minimum Gasteiger partial charge on any atom is -0.455 e. The first-order valence-corrected chi connectivity index (χ1v) is 17.6. The van der Waals surface area contributed by atoms with Crippen molar-refractivity contribution in [2.24, 2.45) is 0 Å². The van der Waals surface area contributed by atoms with Crippen LogP contribution in [0.2, 0.25) is 0 Å². The van der Waals surface area contributed by atoms with Crippen molar-refractivity contribution in [2.75, 3.05) is 0 Å². The van der Waals surface area contributed by atoms with Crippen LogP contribution in [0.1, 0.15) is 50.7 Å². The number of hydrogen-bond acceptors (Lipinski definition) is 2. The second kappa shape index (κ2) is 11.9. The van der Waals surface area contributed by atoms with Crippen molar-refractivity contribution in [3.63, 3.8) is 0 Å². The van der Waals surface area contributed by atoms with Crippen LogP contribution < -0.4 is 0 Å². The quantitative estimate of drug-likeness (QED) is 0.180. The van der Waals surface area contributed by atoms with E-state index in [1.807, 2.05) is 0 Å². The minimum atomic E-state index is 0.325. The molecule has 0 aliphatic heterocycles. The molecule has 242 valence electrons. The van der Waals surface area contributed by atoms with Crippen LogP contribution in [-0.2, 0) is 0 Å². The van der Waals surface area contributed by atoms with Crippen LogP contribution in [0.5, 0.6) is 0 Å². The molecule has 2 aromatic heterocycles. The predicted octanol–water partition coefficient (Wildman–Crippen LogP) is 13.3. The average molecular weight is 647 g/mol. The third kappa shape index (κ3) is 4.84. The van der Waals surface area contributed by atoms with E-state index in [9.17, 15) is 0 Å². The van der Waals surface area contributed by atoms with Gasteiger partial charge in [-0.3, -0.25) is 4.57 Å². The van der Waals surface area contributed by atoms with Crippen molar-refractivity contribution < 1.29 is 4.42 Å². The summed E-state index contributed by atoms with van der Waals surface area (Å²) in [5, 5.41) is 4.59. The van der Waals surface area contributed by atoms with E-state index in [1.165, 1.54) is 38.7 Å². The summed E-state index contributed by atoms with van der Waals surface area (Å²) in [5.74, 6) is 1.55. The van der Waals surface area contributed by atoms with E-state index in [4.69, 9.17) is 9.40 Å². The Kier molecular flexibility index (Phi) is 7.17. The molecule has 3 nitrogen and oxygen atoms in total. The molecule has 0 aliphatic rings. The van der Waals surface area contributed by atoms with Crippen molar-refractivity contribution in [3.05, 3.63) is 157 Å². The Balaban J connectivity index is 1.28. The maximum Gasteiger partial charge on any atom is 0.149 e. The molecular weight excluding hydrogens is 609 g/mol. The first-order valence-electron chi connectivity index (χ1n) is 17.6. The first kappa shape index (κ1) is 30.2. The zero-order chi connectivity index (χ0) is 33.9. The SMILES string of the molecule is CC(C)c1cccc(C(C)C)c1-n1c(-c2cccc3c2oc2cc(-c4ccc(-c5ccccc5)cc4)ccc23)nc2ccc3ccccc3c21. The molecule has 7 aromatic carbocycles. The van der Waals surface area contributed by atoms with Gasteiger partial charge in [0.1, 0.15) is 17.0 Å². The normalized spacial score (nSPS) is 12.0. The highest BCUT2D eigenvalue weighted by Crippen LogP contribution is 2.43. The highest BCUT2D eigenvalue weighted by atomic mass is 16.3. The summed E-state index contributed by atoms with van der Waals surface area (Å²) in [6, 6.07) is 52.1. The number of nitrogens with zero attached hydrogens (tertiary/aromatic N) is 2. The molecular formula is C47H38N2O. The van der Waals surface area contributed by atoms with Crippen LogP contribution in [0.3, 0.4) is 0 Å². The van der Waals surface area contributed by atoms with E-state index < -0.39 is 0 Å². The van der Waals surface area contributed by atoms with E-state index in [0.717, 1.165) is 55.5 Å². The van der Waals surface area contributed by atoms with E-state index in [2.05, 4.69) is 178 Å². The number of hydrogen-bond donors (Lipinski definition) is 0. The summed E-state index contributed by atoms with van der Waals surface area (Å²) in [6.45, 7) is 9.14. The van der Waals surface area contributed by atoms with Crippen LogP contribution in [0, 0.1) is 0 Å². The van der Waals surface area contributed by atoms with Gasteiger partial charge in [0.15, 0.2) is 0 Å². The molecule has 0 atom stereocenters. The maximum absolute atomic E-state index is 6.87. The minimum absolute atomic E-state index is 0.325. The number of imidazole rings is 1. The number of benzene rings is 7. The van der Waals surface area contributed by atoms with Crippen LogP contribution in [0.4, 0.5) is 0 Å². The Morgan fingerprint density at radius 3 is 1.88 bits per heavy atom. The Morgan fingerprint density at radius 2 is 1.14 bits per heavy atom. The number of para-hydroxylation sites is 2. The summed E-state index contributed by atoms with van der Waals surface area (Å²) < 4.78 is 9.30. The highest BCUT2D eigenvalue weighted by Gasteiger charge is 2.25. The molecule has 0 radical (unpaired) electrons. The maximum atomic E-state index is 6.87. The lowest BCUT2D eigenvalue weighted by Crippen LogP contribution is -2.08. The largest absolute Gasteiger partial charge is 0.455 e. The number of fused-ring (bicyclic) bond motifs is 6. The second-order valence-electron chi connectivity index (χ2n) is 14.0. The van der Waals surface area contributed by atoms with E-state index in [-0.39, 0.29) is 0 Å². The summed E-state index contributed by atoms with van der Waals surface area (Å²) in [4.78, 5) is 5.43. The molecule has 0 aliphatic carbocycles. The van der Waals surface area contributed by atoms with Gasteiger partial charge in [0.2, 0.25) is 0 Å². The molecule has 0 N–H and O–H groups in total. The molecule has 0 saturated heterocycles. The van der Waals surface area contributed by atoms with Crippen LogP contribution in [0.25, 0.3) is 83.1 Å². The Morgan fingerprint density at radius 1 is 0.520 bits per heavy atom. The Bertz CT molecular complexity index is 2670. The van der Waals surface area contributed by atoms with Gasteiger partial charge < -0.3 is 4.42 Å². The van der Waals surface area contributed by atoms with Crippen LogP contribution in [-0.4, -0.2) is 9.55 Å². The van der Waals surface area contributed by atoms with Crippen LogP contribution in [0.15, 0.2) is 150 Å². The molecule has 0 unspecified atom stereocenters. The van der Waals surface area contributed by atoms with Crippen molar-refractivity contribution >= 4 is 43.7 Å². The fraction of sp³-hybridized carbons (Fsp3) is 0.128. The molecule has 9 rings (SSSR count). The first-order chi connectivity index (χ1) is 24.5. The van der Waals surface area contributed by atoms with Gasteiger partial charge in [-0.15, -0.1) is 0 Å². The predicted molar refractivity (Wildman–Crippen MR) is 210 cm³/mol. The second-order valence-corrected chi connectivity index (χ2v) is 14.0. The summed E-state index contributed by atoms with van der Waals surface area (Å²) in [5.41, 5.74) is 13.4. The van der Waals surface area contributed by atoms with E-state index >= 15 is 0 Å². The molecule has 2 heterocycles. The van der Waals surface area contributed by atoms with Gasteiger partial charge >= 0.3 is 0 Å². The van der Waals surface area contributed by atoms with E-state index in [0.29, 0.717) is 11.8 Å². The number of rotatable bonds is 6. The van der Waals surface area contributed by atoms with Gasteiger partial charge in [-0.05, 0) is 74.9 Å². The Labute approximate surface area is 292 Å². The Hall–Kier alpha value is -5.93. The van der Waals surface area contributed by atoms with Gasteiger partial charge in [0.25, 0.3) is 0 Å². The van der Waals surface area contributed by atoms with Gasteiger partial charge in [0.05, 0.1) is 22.3 Å². The molecule has 0 saturated carbocycles. The zero-order valence-electron chi connectivity index (χ0n) is 28.8. The number of aromatic nitrogens is 2. The smallest absolute Gasteiger partial charge is 0.149 e. The molecule has 9 aromatic rings. The summed E-state index contributed by atoms with van der Waals surface area (Å²) in [7, 11) is 0. The lowest BCUT2D eigenvalue weighted by molar-refractivity contribution is 0.669. The van der Waals surface area contributed by atoms with Gasteiger partial charge in [-0.2, -0.15) is 0 Å². The van der Waals surface area contributed by atoms with Gasteiger partial charge in [0, 0.05) is 16.2 Å². The van der Waals surface area contributed by atoms with Crippen molar-refractivity contribution in [2.45, 2.75) is 39.5 Å². The molecule has 0 bridgehead atoms. The third-order valence-corrected chi connectivity index (χ3v) is 10.2. The lowest BCUT2D eigenvalue weighted by Gasteiger charge is -2.23. The number of furan rings is 1. The third-order valence-electron chi connectivity index (χ3n) is 10.2. The van der Waals surface area contributed by atoms with Crippen molar-refractivity contribution in [1.29, 1.82) is 0 Å². The molecule has 0 amide bonds. The van der Waals surface area contributed by atoms with Gasteiger partial charge in [-0.25, -0.2) is 4.98 Å². The van der Waals surface area contributed by atoms with Crippen molar-refractivity contribution in [1.82, 2.24) is 9.55 Å². The van der Waals surface area contributed by atoms with Crippen molar-refractivity contribution in [3.8, 4) is 39.3 Å². The van der Waals surface area contributed by atoms with Crippen LogP contribution >= 0.6 is 0 Å². The average Bonchev–Trinajstić information content (AvgIpc) is 3.73. The zero-order valence-corrected chi connectivity index (χ0v) is 28.8. The monoisotopic (exact) mass is 646 g/mol. The molecule has 3 heteroatoms. The molecule has 50 heavy (non-hydrogen) atoms. The fourth-order valence-corrected chi connectivity index (χ4v) is 7.65. The fourth-order valence-electron chi connectivity index (χ4n) is 7.65. The molecule has 0 spiro atoms. The molecule has 0 fully saturated rings. The standard InChI is InChI=1S/C47H38N2O/c1-29(2)36-16-10-17-37(30(3)4)44(36)49-45-38-15-9-8-14-34(38)25-27-42(45)48-47(49)41-19-11-18-40-39-26-24-35(28-43(39)50-46(40)41)33-22-20-32(21-23-33)31-12-6-5-7-13-31/h5-30H,1-4H3. The summed E-state index contributed by atoms with van der Waals surface area (Å²) in [6.07, 6.45) is 0. The van der Waals surface area contributed by atoms with Gasteiger partial charge in [-0.1, -0.05) is 149 Å². The lowest BCUT2D eigenvalue weighted by atomic mass is 9.92. The van der Waals surface area contributed by atoms with E-state index in [1.54, 1.807) is 0 Å². The topological polar surface area (TPSA) is 31.0 Å². The highest BCUT2D eigenvalue weighted by molar-refractivity contribution is 6.12. The summed E-state index contributed by atoms with van der Waals surface area (Å²) >= 11 is 0.